The van der Waals surface area contributed by atoms with E-state index in [1.807, 2.05) is 6.92 Å². The third-order valence-electron chi connectivity index (χ3n) is 2.19. The molecule has 2 heterocycles. The fourth-order valence-corrected chi connectivity index (χ4v) is 1.41. The lowest BCUT2D eigenvalue weighted by Gasteiger charge is -2.10. The molecule has 7 heteroatoms. The van der Waals surface area contributed by atoms with Gasteiger partial charge in [-0.25, -0.2) is 9.78 Å². The Bertz CT molecular complexity index is 538. The third-order valence-corrected chi connectivity index (χ3v) is 2.19. The van der Waals surface area contributed by atoms with Crippen molar-refractivity contribution in [2.24, 2.45) is 0 Å². The van der Waals surface area contributed by atoms with Crippen LogP contribution in [0.1, 0.15) is 5.56 Å². The Hall–Kier alpha value is -2.57. The van der Waals surface area contributed by atoms with Gasteiger partial charge in [0.25, 0.3) is 0 Å². The molecule has 2 aromatic rings. The molecule has 0 spiro atoms. The molecule has 0 fully saturated rings. The number of carbonyl (C=O) groups excluding carboxylic acids is 1. The van der Waals surface area contributed by atoms with Gasteiger partial charge in [-0.3, -0.25) is 5.10 Å². The number of carbonyl (C=O) groups is 1. The number of rotatable bonds is 3. The Morgan fingerprint density at radius 1 is 1.39 bits per heavy atom. The number of pyridine rings is 1. The maximum Gasteiger partial charge on any atom is 0.323 e. The summed E-state index contributed by atoms with van der Waals surface area (Å²) in [4.78, 5) is 15.8. The van der Waals surface area contributed by atoms with Gasteiger partial charge < -0.3 is 15.4 Å². The van der Waals surface area contributed by atoms with Gasteiger partial charge in [0, 0.05) is 12.4 Å². The highest BCUT2D eigenvalue weighted by molar-refractivity contribution is 6.00. The molecule has 0 unspecified atom stereocenters. The molecule has 0 aliphatic rings. The summed E-state index contributed by atoms with van der Waals surface area (Å²) >= 11 is 0. The van der Waals surface area contributed by atoms with Crippen molar-refractivity contribution >= 4 is 17.4 Å². The van der Waals surface area contributed by atoms with Gasteiger partial charge in [0.15, 0.2) is 0 Å². The number of anilines is 2. The zero-order valence-corrected chi connectivity index (χ0v) is 10.0. The first kappa shape index (κ1) is 11.9. The number of hydrogen-bond donors (Lipinski definition) is 3. The van der Waals surface area contributed by atoms with Gasteiger partial charge in [0.1, 0.15) is 5.69 Å². The number of hydrogen-bond acceptors (Lipinski definition) is 4. The first-order chi connectivity index (χ1) is 8.69. The summed E-state index contributed by atoms with van der Waals surface area (Å²) in [7, 11) is 1.50. The minimum atomic E-state index is -0.387. The van der Waals surface area contributed by atoms with Crippen molar-refractivity contribution < 1.29 is 9.53 Å². The van der Waals surface area contributed by atoms with Crippen LogP contribution in [-0.4, -0.2) is 28.3 Å². The van der Waals surface area contributed by atoms with Gasteiger partial charge in [-0.05, 0) is 18.6 Å². The Morgan fingerprint density at radius 3 is 2.89 bits per heavy atom. The van der Waals surface area contributed by atoms with Crippen molar-refractivity contribution in [3.63, 3.8) is 0 Å². The van der Waals surface area contributed by atoms with E-state index in [1.165, 1.54) is 13.3 Å². The van der Waals surface area contributed by atoms with Crippen LogP contribution in [-0.2, 0) is 0 Å². The second-order valence-electron chi connectivity index (χ2n) is 3.64. The highest BCUT2D eigenvalue weighted by atomic mass is 16.5. The molecule has 2 amide bonds. The Morgan fingerprint density at radius 2 is 2.22 bits per heavy atom. The van der Waals surface area contributed by atoms with Crippen molar-refractivity contribution in [3.8, 4) is 5.88 Å². The predicted octanol–water partition coefficient (Wildman–Crippen LogP) is 1.77. The molecule has 0 saturated heterocycles. The fourth-order valence-electron chi connectivity index (χ4n) is 1.41. The van der Waals surface area contributed by atoms with Crippen LogP contribution in [0.3, 0.4) is 0 Å². The lowest BCUT2D eigenvalue weighted by molar-refractivity contribution is 0.262. The Balaban J connectivity index is 2.08. The average Bonchev–Trinajstić information content (AvgIpc) is 2.82. The van der Waals surface area contributed by atoms with E-state index in [-0.39, 0.29) is 6.03 Å². The van der Waals surface area contributed by atoms with Gasteiger partial charge in [0.2, 0.25) is 5.88 Å². The number of aryl methyl sites for hydroxylation is 1. The van der Waals surface area contributed by atoms with Crippen LogP contribution in [0.4, 0.5) is 16.2 Å². The van der Waals surface area contributed by atoms with E-state index in [4.69, 9.17) is 4.74 Å². The maximum atomic E-state index is 11.7. The summed E-state index contributed by atoms with van der Waals surface area (Å²) in [5.41, 5.74) is 2.01. The van der Waals surface area contributed by atoms with Crippen molar-refractivity contribution in [2.75, 3.05) is 17.7 Å². The molecule has 2 rings (SSSR count). The molecule has 0 saturated carbocycles. The van der Waals surface area contributed by atoms with Gasteiger partial charge in [0.05, 0.1) is 19.0 Å². The molecule has 0 aliphatic heterocycles. The number of ether oxygens (including phenoxy) is 1. The van der Waals surface area contributed by atoms with Crippen molar-refractivity contribution in [3.05, 3.63) is 30.2 Å². The SMILES string of the molecule is COc1ncc(C)cc1NC(=O)Nc1cn[nH]c1. The zero-order chi connectivity index (χ0) is 13.0. The minimum absolute atomic E-state index is 0.364. The van der Waals surface area contributed by atoms with Gasteiger partial charge in [-0.1, -0.05) is 0 Å². The molecule has 18 heavy (non-hydrogen) atoms. The van der Waals surface area contributed by atoms with Gasteiger partial charge in [-0.2, -0.15) is 5.10 Å². The molecule has 94 valence electrons. The second-order valence-corrected chi connectivity index (χ2v) is 3.64. The number of amides is 2. The topological polar surface area (TPSA) is 91.9 Å². The van der Waals surface area contributed by atoms with Crippen LogP contribution in [0, 0.1) is 6.92 Å². The van der Waals surface area contributed by atoms with Crippen LogP contribution in [0.15, 0.2) is 24.7 Å². The largest absolute Gasteiger partial charge is 0.480 e. The number of nitrogens with one attached hydrogen (secondary N) is 3. The lowest BCUT2D eigenvalue weighted by Crippen LogP contribution is -2.19. The average molecular weight is 247 g/mol. The number of aromatic nitrogens is 3. The lowest BCUT2D eigenvalue weighted by atomic mass is 10.3. The summed E-state index contributed by atoms with van der Waals surface area (Å²) in [6, 6.07) is 1.39. The van der Waals surface area contributed by atoms with E-state index in [9.17, 15) is 4.79 Å². The summed E-state index contributed by atoms with van der Waals surface area (Å²) in [6.07, 6.45) is 4.74. The summed E-state index contributed by atoms with van der Waals surface area (Å²) in [6.45, 7) is 1.88. The summed E-state index contributed by atoms with van der Waals surface area (Å²) in [5.74, 6) is 0.364. The van der Waals surface area contributed by atoms with Crippen LogP contribution in [0.2, 0.25) is 0 Å². The standard InChI is InChI=1S/C11H13N5O2/c1-7-3-9(10(18-2)12-4-7)16-11(17)15-8-5-13-14-6-8/h3-6H,1-2H3,(H,13,14)(H2,15,16,17). The van der Waals surface area contributed by atoms with Crippen LogP contribution in [0.25, 0.3) is 0 Å². The van der Waals surface area contributed by atoms with Crippen molar-refractivity contribution in [2.45, 2.75) is 6.92 Å². The first-order valence-corrected chi connectivity index (χ1v) is 5.26. The van der Waals surface area contributed by atoms with E-state index in [1.54, 1.807) is 18.5 Å². The van der Waals surface area contributed by atoms with Crippen LogP contribution >= 0.6 is 0 Å². The van der Waals surface area contributed by atoms with E-state index >= 15 is 0 Å². The summed E-state index contributed by atoms with van der Waals surface area (Å²) < 4.78 is 5.06. The predicted molar refractivity (Wildman–Crippen MR) is 66.8 cm³/mol. The molecule has 0 aromatic carbocycles. The Labute approximate surface area is 104 Å². The monoisotopic (exact) mass is 247 g/mol. The van der Waals surface area contributed by atoms with Crippen molar-refractivity contribution in [1.29, 1.82) is 0 Å². The Kier molecular flexibility index (Phi) is 3.42. The smallest absolute Gasteiger partial charge is 0.323 e. The molecule has 0 atom stereocenters. The molecule has 0 aliphatic carbocycles. The van der Waals surface area contributed by atoms with E-state index in [0.717, 1.165) is 5.56 Å². The van der Waals surface area contributed by atoms with Gasteiger partial charge >= 0.3 is 6.03 Å². The number of urea groups is 1. The molecular formula is C11H13N5O2. The fraction of sp³-hybridized carbons (Fsp3) is 0.182. The highest BCUT2D eigenvalue weighted by Gasteiger charge is 2.09. The number of methoxy groups -OCH3 is 1. The quantitative estimate of drug-likeness (QED) is 0.770. The summed E-state index contributed by atoms with van der Waals surface area (Å²) in [5, 5.41) is 11.6. The van der Waals surface area contributed by atoms with E-state index < -0.39 is 0 Å². The molecule has 3 N–H and O–H groups in total. The number of nitrogens with zero attached hydrogens (tertiary/aromatic N) is 2. The molecule has 0 bridgehead atoms. The number of H-pyrrole nitrogens is 1. The molecule has 7 nitrogen and oxygen atoms in total. The highest BCUT2D eigenvalue weighted by Crippen LogP contribution is 2.22. The number of aromatic amines is 1. The third kappa shape index (κ3) is 2.76. The van der Waals surface area contributed by atoms with Crippen LogP contribution < -0.4 is 15.4 Å². The second kappa shape index (κ2) is 5.17. The molecule has 2 aromatic heterocycles. The minimum Gasteiger partial charge on any atom is -0.480 e. The zero-order valence-electron chi connectivity index (χ0n) is 10.0. The molecular weight excluding hydrogens is 234 g/mol. The van der Waals surface area contributed by atoms with Gasteiger partial charge in [-0.15, -0.1) is 0 Å². The van der Waals surface area contributed by atoms with Crippen LogP contribution in [0.5, 0.6) is 5.88 Å². The van der Waals surface area contributed by atoms with Crippen molar-refractivity contribution in [1.82, 2.24) is 15.2 Å². The maximum absolute atomic E-state index is 11.7. The molecule has 0 radical (unpaired) electrons. The van der Waals surface area contributed by atoms with E-state index in [2.05, 4.69) is 25.8 Å². The normalized spacial score (nSPS) is 9.89. The first-order valence-electron chi connectivity index (χ1n) is 5.26. The van der Waals surface area contributed by atoms with E-state index in [0.29, 0.717) is 17.3 Å².